The number of nitrogens with one attached hydrogen (secondary N) is 2. The number of nitrogens with two attached hydrogens (primary N) is 1. The molecule has 0 radical (unpaired) electrons. The molecular formula is C17H21N3O2S. The molecule has 0 saturated carbocycles. The summed E-state index contributed by atoms with van der Waals surface area (Å²) < 4.78 is 5.19. The van der Waals surface area contributed by atoms with E-state index in [0.717, 1.165) is 5.03 Å². The van der Waals surface area contributed by atoms with Crippen molar-refractivity contribution in [2.75, 3.05) is 7.11 Å². The molecule has 23 heavy (non-hydrogen) atoms. The standard InChI is InChI=1S/C17H21N3O2S/c1-10(2)19-11(3)23-9-14(18)16-8-17(21)13-6-5-12(22-4)7-15(13)20-16/h5-10,19H,3,18H2,1-2,4H3,(H,20,21)/b14-9-. The van der Waals surface area contributed by atoms with Gasteiger partial charge in [0, 0.05) is 29.0 Å². The van der Waals surface area contributed by atoms with Gasteiger partial charge < -0.3 is 20.8 Å². The van der Waals surface area contributed by atoms with Gasteiger partial charge in [-0.15, -0.1) is 0 Å². The molecule has 0 aliphatic carbocycles. The first-order valence-corrected chi connectivity index (χ1v) is 8.08. The Morgan fingerprint density at radius 2 is 2.17 bits per heavy atom. The number of pyridine rings is 1. The summed E-state index contributed by atoms with van der Waals surface area (Å²) in [7, 11) is 1.58. The van der Waals surface area contributed by atoms with Crippen LogP contribution in [0.15, 0.2) is 46.1 Å². The van der Waals surface area contributed by atoms with Crippen LogP contribution < -0.4 is 21.2 Å². The van der Waals surface area contributed by atoms with Gasteiger partial charge in [-0.2, -0.15) is 0 Å². The van der Waals surface area contributed by atoms with E-state index in [0.29, 0.717) is 34.1 Å². The van der Waals surface area contributed by atoms with Gasteiger partial charge in [0.25, 0.3) is 0 Å². The molecule has 0 fully saturated rings. The summed E-state index contributed by atoms with van der Waals surface area (Å²) >= 11 is 1.39. The summed E-state index contributed by atoms with van der Waals surface area (Å²) in [6.07, 6.45) is 0. The van der Waals surface area contributed by atoms with Crippen molar-refractivity contribution in [3.05, 3.63) is 57.2 Å². The Hall–Kier alpha value is -2.34. The SMILES string of the molecule is C=C(NC(C)C)S/C=C(\N)c1cc(=O)c2ccc(OC)cc2[nH]1. The maximum Gasteiger partial charge on any atom is 0.190 e. The average molecular weight is 331 g/mol. The molecule has 0 atom stereocenters. The molecule has 5 nitrogen and oxygen atoms in total. The lowest BCUT2D eigenvalue weighted by atomic mass is 10.1. The highest BCUT2D eigenvalue weighted by atomic mass is 32.2. The predicted octanol–water partition coefficient (Wildman–Crippen LogP) is 3.00. The average Bonchev–Trinajstić information content (AvgIpc) is 2.51. The molecule has 0 saturated heterocycles. The minimum absolute atomic E-state index is 0.0862. The lowest BCUT2D eigenvalue weighted by Crippen LogP contribution is -2.19. The second-order valence-corrected chi connectivity index (χ2v) is 6.34. The van der Waals surface area contributed by atoms with E-state index in [4.69, 9.17) is 10.5 Å². The number of hydrogen-bond acceptors (Lipinski definition) is 5. The van der Waals surface area contributed by atoms with Gasteiger partial charge in [0.05, 0.1) is 29.0 Å². The molecule has 0 aliphatic rings. The molecule has 0 unspecified atom stereocenters. The van der Waals surface area contributed by atoms with E-state index in [1.54, 1.807) is 30.7 Å². The van der Waals surface area contributed by atoms with E-state index in [-0.39, 0.29) is 5.43 Å². The first-order valence-electron chi connectivity index (χ1n) is 7.20. The molecule has 1 aromatic heterocycles. The quantitative estimate of drug-likeness (QED) is 0.758. The highest BCUT2D eigenvalue weighted by Gasteiger charge is 2.06. The summed E-state index contributed by atoms with van der Waals surface area (Å²) in [5.41, 5.74) is 7.72. The molecule has 4 N–H and O–H groups in total. The molecule has 0 amide bonds. The van der Waals surface area contributed by atoms with E-state index < -0.39 is 0 Å². The number of fused-ring (bicyclic) bond motifs is 1. The van der Waals surface area contributed by atoms with Crippen LogP contribution in [-0.4, -0.2) is 18.1 Å². The summed E-state index contributed by atoms with van der Waals surface area (Å²) in [6, 6.07) is 7.07. The zero-order chi connectivity index (χ0) is 17.0. The molecule has 2 aromatic rings. The fourth-order valence-corrected chi connectivity index (χ4v) is 2.77. The fraction of sp³-hybridized carbons (Fsp3) is 0.235. The minimum atomic E-state index is -0.0862. The van der Waals surface area contributed by atoms with E-state index in [1.165, 1.54) is 17.8 Å². The Kier molecular flexibility index (Phi) is 5.39. The Bertz CT molecular complexity index is 809. The molecule has 1 aromatic carbocycles. The number of thioether (sulfide) groups is 1. The Balaban J connectivity index is 2.31. The van der Waals surface area contributed by atoms with Crippen LogP contribution in [0.2, 0.25) is 0 Å². The highest BCUT2D eigenvalue weighted by molar-refractivity contribution is 8.05. The first-order chi connectivity index (χ1) is 10.9. The third-order valence-electron chi connectivity index (χ3n) is 3.13. The number of aromatic amines is 1. The van der Waals surface area contributed by atoms with Gasteiger partial charge in [-0.25, -0.2) is 0 Å². The van der Waals surface area contributed by atoms with Gasteiger partial charge >= 0.3 is 0 Å². The number of benzene rings is 1. The second kappa shape index (κ2) is 7.28. The maximum atomic E-state index is 12.2. The lowest BCUT2D eigenvalue weighted by molar-refractivity contribution is 0.415. The van der Waals surface area contributed by atoms with Crippen LogP contribution >= 0.6 is 11.8 Å². The van der Waals surface area contributed by atoms with Crippen molar-refractivity contribution in [2.24, 2.45) is 5.73 Å². The summed E-state index contributed by atoms with van der Waals surface area (Å²) in [5.74, 6) is 0.678. The Labute approximate surface area is 139 Å². The van der Waals surface area contributed by atoms with Gasteiger partial charge in [-0.05, 0) is 26.0 Å². The number of ether oxygens (including phenoxy) is 1. The smallest absolute Gasteiger partial charge is 0.190 e. The molecule has 0 aliphatic heterocycles. The minimum Gasteiger partial charge on any atom is -0.497 e. The van der Waals surface area contributed by atoms with Gasteiger partial charge in [0.1, 0.15) is 5.75 Å². The number of aromatic nitrogens is 1. The lowest BCUT2D eigenvalue weighted by Gasteiger charge is -2.11. The largest absolute Gasteiger partial charge is 0.497 e. The monoisotopic (exact) mass is 331 g/mol. The van der Waals surface area contributed by atoms with Crippen molar-refractivity contribution in [1.82, 2.24) is 10.3 Å². The number of H-pyrrole nitrogens is 1. The van der Waals surface area contributed by atoms with Crippen LogP contribution in [0.3, 0.4) is 0 Å². The zero-order valence-electron chi connectivity index (χ0n) is 13.5. The van der Waals surface area contributed by atoms with Crippen LogP contribution in [-0.2, 0) is 0 Å². The number of hydrogen-bond donors (Lipinski definition) is 3. The van der Waals surface area contributed by atoms with Crippen LogP contribution in [0.4, 0.5) is 0 Å². The van der Waals surface area contributed by atoms with Crippen molar-refractivity contribution in [3.8, 4) is 5.75 Å². The third kappa shape index (κ3) is 4.32. The van der Waals surface area contributed by atoms with Crippen LogP contribution in [0.5, 0.6) is 5.75 Å². The Morgan fingerprint density at radius 3 is 2.83 bits per heavy atom. The zero-order valence-corrected chi connectivity index (χ0v) is 14.3. The maximum absolute atomic E-state index is 12.2. The molecule has 1 heterocycles. The molecule has 0 bridgehead atoms. The van der Waals surface area contributed by atoms with Gasteiger partial charge in [-0.1, -0.05) is 18.3 Å². The Morgan fingerprint density at radius 1 is 1.43 bits per heavy atom. The van der Waals surface area contributed by atoms with E-state index in [2.05, 4.69) is 16.9 Å². The summed E-state index contributed by atoms with van der Waals surface area (Å²) in [4.78, 5) is 15.4. The highest BCUT2D eigenvalue weighted by Crippen LogP contribution is 2.20. The second-order valence-electron chi connectivity index (χ2n) is 5.37. The van der Waals surface area contributed by atoms with Crippen LogP contribution in [0.1, 0.15) is 19.5 Å². The van der Waals surface area contributed by atoms with E-state index >= 15 is 0 Å². The molecular weight excluding hydrogens is 310 g/mol. The van der Waals surface area contributed by atoms with Crippen molar-refractivity contribution >= 4 is 28.4 Å². The van der Waals surface area contributed by atoms with Crippen LogP contribution in [0.25, 0.3) is 16.6 Å². The summed E-state index contributed by atoms with van der Waals surface area (Å²) in [5, 5.41) is 6.34. The molecule has 122 valence electrons. The number of methoxy groups -OCH3 is 1. The topological polar surface area (TPSA) is 80.1 Å². The molecule has 0 spiro atoms. The van der Waals surface area contributed by atoms with E-state index in [9.17, 15) is 4.79 Å². The summed E-state index contributed by atoms with van der Waals surface area (Å²) in [6.45, 7) is 7.98. The van der Waals surface area contributed by atoms with E-state index in [1.807, 2.05) is 13.8 Å². The molecule has 2 rings (SSSR count). The normalized spacial score (nSPS) is 11.7. The van der Waals surface area contributed by atoms with Crippen molar-refractivity contribution in [1.29, 1.82) is 0 Å². The van der Waals surface area contributed by atoms with Crippen molar-refractivity contribution < 1.29 is 4.74 Å². The van der Waals surface area contributed by atoms with Gasteiger partial charge in [-0.3, -0.25) is 4.79 Å². The first kappa shape index (κ1) is 17.0. The predicted molar refractivity (Wildman–Crippen MR) is 98.3 cm³/mol. The van der Waals surface area contributed by atoms with Gasteiger partial charge in [0.2, 0.25) is 0 Å². The fourth-order valence-electron chi connectivity index (χ4n) is 2.07. The number of rotatable bonds is 6. The van der Waals surface area contributed by atoms with Crippen LogP contribution in [0, 0.1) is 0 Å². The third-order valence-corrected chi connectivity index (χ3v) is 3.90. The van der Waals surface area contributed by atoms with Crippen molar-refractivity contribution in [3.63, 3.8) is 0 Å². The van der Waals surface area contributed by atoms with Gasteiger partial charge in [0.15, 0.2) is 5.43 Å². The van der Waals surface area contributed by atoms with Crippen molar-refractivity contribution in [2.45, 2.75) is 19.9 Å². The molecule has 6 heteroatoms.